The van der Waals surface area contributed by atoms with Crippen molar-refractivity contribution in [2.75, 3.05) is 37.9 Å². The highest BCUT2D eigenvalue weighted by molar-refractivity contribution is 5.97. The summed E-state index contributed by atoms with van der Waals surface area (Å²) in [5.41, 5.74) is 8.46. The minimum atomic E-state index is -0.418. The summed E-state index contributed by atoms with van der Waals surface area (Å²) in [6, 6.07) is 3.64. The summed E-state index contributed by atoms with van der Waals surface area (Å²) >= 11 is 0. The van der Waals surface area contributed by atoms with Crippen LogP contribution in [0.5, 0.6) is 0 Å². The van der Waals surface area contributed by atoms with Crippen LogP contribution in [0.25, 0.3) is 0 Å². The minimum absolute atomic E-state index is 0.398. The van der Waals surface area contributed by atoms with E-state index in [0.717, 1.165) is 37.4 Å². The molecule has 0 radical (unpaired) electrons. The number of aryl methyl sites for hydroxylation is 1. The van der Waals surface area contributed by atoms with Crippen molar-refractivity contribution in [3.8, 4) is 0 Å². The molecule has 0 aromatic heterocycles. The van der Waals surface area contributed by atoms with Crippen molar-refractivity contribution in [2.45, 2.75) is 20.3 Å². The van der Waals surface area contributed by atoms with Gasteiger partial charge in [-0.1, -0.05) is 0 Å². The number of nitrogen functional groups attached to an aromatic ring is 1. The van der Waals surface area contributed by atoms with Gasteiger partial charge in [0.05, 0.1) is 12.7 Å². The molecule has 0 unspecified atom stereocenters. The van der Waals surface area contributed by atoms with E-state index < -0.39 is 5.97 Å². The minimum Gasteiger partial charge on any atom is -0.465 e. The van der Waals surface area contributed by atoms with Crippen LogP contribution in [-0.4, -0.2) is 32.8 Å². The Hall–Kier alpha value is -1.75. The maximum absolute atomic E-state index is 11.6. The van der Waals surface area contributed by atoms with Crippen LogP contribution >= 0.6 is 0 Å². The average Bonchev–Trinajstić information content (AvgIpc) is 2.41. The first-order chi connectivity index (χ1) is 9.10. The fourth-order valence-corrected chi connectivity index (χ4v) is 1.73. The number of hydrogen-bond donors (Lipinski definition) is 2. The van der Waals surface area contributed by atoms with E-state index in [1.807, 2.05) is 19.9 Å². The molecular weight excluding hydrogens is 244 g/mol. The number of hydrogen-bond acceptors (Lipinski definition) is 5. The summed E-state index contributed by atoms with van der Waals surface area (Å²) in [4.78, 5) is 11.6. The Bertz CT molecular complexity index is 433. The number of anilines is 2. The number of methoxy groups -OCH3 is 1. The van der Waals surface area contributed by atoms with E-state index in [9.17, 15) is 4.79 Å². The molecule has 0 heterocycles. The number of esters is 1. The number of rotatable bonds is 7. The van der Waals surface area contributed by atoms with E-state index in [4.69, 9.17) is 15.2 Å². The molecule has 0 aliphatic rings. The van der Waals surface area contributed by atoms with Crippen LogP contribution in [0, 0.1) is 6.92 Å². The van der Waals surface area contributed by atoms with Crippen molar-refractivity contribution in [3.63, 3.8) is 0 Å². The lowest BCUT2D eigenvalue weighted by molar-refractivity contribution is 0.0602. The number of ether oxygens (including phenoxy) is 2. The summed E-state index contributed by atoms with van der Waals surface area (Å²) in [5.74, 6) is -0.418. The van der Waals surface area contributed by atoms with Gasteiger partial charge in [0.1, 0.15) is 0 Å². The van der Waals surface area contributed by atoms with Gasteiger partial charge in [0, 0.05) is 31.1 Å². The van der Waals surface area contributed by atoms with Gasteiger partial charge in [0.15, 0.2) is 0 Å². The molecule has 0 atom stereocenters. The van der Waals surface area contributed by atoms with Crippen LogP contribution in [0.4, 0.5) is 11.4 Å². The predicted octanol–water partition coefficient (Wildman–Crippen LogP) is 2.20. The molecule has 5 nitrogen and oxygen atoms in total. The molecule has 1 aromatic rings. The van der Waals surface area contributed by atoms with E-state index >= 15 is 0 Å². The van der Waals surface area contributed by atoms with Crippen molar-refractivity contribution in [2.24, 2.45) is 0 Å². The maximum atomic E-state index is 11.6. The monoisotopic (exact) mass is 266 g/mol. The molecule has 0 fully saturated rings. The van der Waals surface area contributed by atoms with E-state index in [1.165, 1.54) is 7.11 Å². The molecule has 5 heteroatoms. The lowest BCUT2D eigenvalue weighted by Crippen LogP contribution is -2.10. The molecule has 0 bridgehead atoms. The van der Waals surface area contributed by atoms with Crippen LogP contribution in [0.1, 0.15) is 29.3 Å². The van der Waals surface area contributed by atoms with Crippen LogP contribution in [0.2, 0.25) is 0 Å². The Morgan fingerprint density at radius 2 is 2.16 bits per heavy atom. The smallest absolute Gasteiger partial charge is 0.340 e. The number of carbonyl (C=O) groups is 1. The lowest BCUT2D eigenvalue weighted by atomic mass is 10.1. The SMILES string of the molecule is CCOCCCNc1cc(C)c(N)c(C(=O)OC)c1. The highest BCUT2D eigenvalue weighted by atomic mass is 16.5. The Morgan fingerprint density at radius 1 is 1.42 bits per heavy atom. The number of nitrogens with two attached hydrogens (primary N) is 1. The van der Waals surface area contributed by atoms with Crippen LogP contribution in [0.3, 0.4) is 0 Å². The first-order valence-corrected chi connectivity index (χ1v) is 6.40. The molecule has 106 valence electrons. The van der Waals surface area contributed by atoms with Gasteiger partial charge in [-0.25, -0.2) is 4.79 Å². The van der Waals surface area contributed by atoms with Crippen molar-refractivity contribution in [3.05, 3.63) is 23.3 Å². The van der Waals surface area contributed by atoms with Gasteiger partial charge in [-0.2, -0.15) is 0 Å². The zero-order valence-electron chi connectivity index (χ0n) is 11.8. The standard InChI is InChI=1S/C14H22N2O3/c1-4-19-7-5-6-16-11-8-10(2)13(15)12(9-11)14(17)18-3/h8-9,16H,4-7,15H2,1-3H3. The van der Waals surface area contributed by atoms with Gasteiger partial charge in [0.2, 0.25) is 0 Å². The molecule has 1 aromatic carbocycles. The third kappa shape index (κ3) is 4.44. The Balaban J connectivity index is 2.69. The second kappa shape index (κ2) is 7.63. The van der Waals surface area contributed by atoms with E-state index in [-0.39, 0.29) is 0 Å². The number of carbonyl (C=O) groups excluding carboxylic acids is 1. The quantitative estimate of drug-likeness (QED) is 0.449. The van der Waals surface area contributed by atoms with Gasteiger partial charge in [-0.3, -0.25) is 0 Å². The van der Waals surface area contributed by atoms with E-state index in [2.05, 4.69) is 5.32 Å². The topological polar surface area (TPSA) is 73.6 Å². The molecule has 1 rings (SSSR count). The first kappa shape index (κ1) is 15.3. The van der Waals surface area contributed by atoms with Gasteiger partial charge in [-0.05, 0) is 38.0 Å². The third-order valence-corrected chi connectivity index (χ3v) is 2.79. The van der Waals surface area contributed by atoms with Gasteiger partial charge < -0.3 is 20.5 Å². The van der Waals surface area contributed by atoms with E-state index in [1.54, 1.807) is 6.07 Å². The van der Waals surface area contributed by atoms with Gasteiger partial charge >= 0.3 is 5.97 Å². The second-order valence-corrected chi connectivity index (χ2v) is 4.22. The van der Waals surface area contributed by atoms with E-state index in [0.29, 0.717) is 11.3 Å². The zero-order chi connectivity index (χ0) is 14.3. The Kier molecular flexibility index (Phi) is 6.15. The molecule has 3 N–H and O–H groups in total. The van der Waals surface area contributed by atoms with Crippen LogP contribution in [0.15, 0.2) is 12.1 Å². The number of nitrogens with one attached hydrogen (secondary N) is 1. The average molecular weight is 266 g/mol. The molecule has 0 saturated heterocycles. The Morgan fingerprint density at radius 3 is 2.79 bits per heavy atom. The normalized spacial score (nSPS) is 10.3. The first-order valence-electron chi connectivity index (χ1n) is 6.40. The fourth-order valence-electron chi connectivity index (χ4n) is 1.73. The Labute approximate surface area is 114 Å². The molecule has 0 aliphatic heterocycles. The van der Waals surface area contributed by atoms with Crippen LogP contribution < -0.4 is 11.1 Å². The highest BCUT2D eigenvalue weighted by Gasteiger charge is 2.13. The molecule has 0 amide bonds. The molecule has 0 spiro atoms. The van der Waals surface area contributed by atoms with Crippen molar-refractivity contribution in [1.82, 2.24) is 0 Å². The zero-order valence-corrected chi connectivity index (χ0v) is 11.8. The predicted molar refractivity (Wildman–Crippen MR) is 76.5 cm³/mol. The summed E-state index contributed by atoms with van der Waals surface area (Å²) in [7, 11) is 1.35. The lowest BCUT2D eigenvalue weighted by Gasteiger charge is -2.12. The van der Waals surface area contributed by atoms with Crippen LogP contribution in [-0.2, 0) is 9.47 Å². The third-order valence-electron chi connectivity index (χ3n) is 2.79. The van der Waals surface area contributed by atoms with Gasteiger partial charge in [0.25, 0.3) is 0 Å². The maximum Gasteiger partial charge on any atom is 0.340 e. The molecule has 19 heavy (non-hydrogen) atoms. The highest BCUT2D eigenvalue weighted by Crippen LogP contribution is 2.23. The molecule has 0 saturated carbocycles. The van der Waals surface area contributed by atoms with Gasteiger partial charge in [-0.15, -0.1) is 0 Å². The molecular formula is C14H22N2O3. The summed E-state index contributed by atoms with van der Waals surface area (Å²) in [5, 5.41) is 3.25. The largest absolute Gasteiger partial charge is 0.465 e. The number of benzene rings is 1. The van der Waals surface area contributed by atoms with Crippen molar-refractivity contribution < 1.29 is 14.3 Å². The van der Waals surface area contributed by atoms with Crippen molar-refractivity contribution >= 4 is 17.3 Å². The summed E-state index contributed by atoms with van der Waals surface area (Å²) in [6.45, 7) is 6.07. The van der Waals surface area contributed by atoms with Crippen molar-refractivity contribution in [1.29, 1.82) is 0 Å². The summed E-state index contributed by atoms with van der Waals surface area (Å²) < 4.78 is 9.98. The second-order valence-electron chi connectivity index (χ2n) is 4.22. The summed E-state index contributed by atoms with van der Waals surface area (Å²) in [6.07, 6.45) is 0.908. The molecule has 0 aliphatic carbocycles. The fraction of sp³-hybridized carbons (Fsp3) is 0.500.